The van der Waals surface area contributed by atoms with Gasteiger partial charge in [0.15, 0.2) is 0 Å². The number of benzene rings is 1. The van der Waals surface area contributed by atoms with Crippen molar-refractivity contribution in [1.29, 1.82) is 0 Å². The van der Waals surface area contributed by atoms with Gasteiger partial charge in [0, 0.05) is 11.6 Å². The molecule has 98 valence electrons. The second-order valence-corrected chi connectivity index (χ2v) is 4.57. The van der Waals surface area contributed by atoms with Crippen molar-refractivity contribution in [2.24, 2.45) is 0 Å². The molecule has 7 heteroatoms. The maximum atomic E-state index is 13.1. The third-order valence-corrected chi connectivity index (χ3v) is 1.85. The summed E-state index contributed by atoms with van der Waals surface area (Å²) in [7, 11) is 0. The molecule has 6 nitrogen and oxygen atoms in total. The first-order valence-corrected chi connectivity index (χ1v) is 5.13. The zero-order valence-electron chi connectivity index (χ0n) is 10.2. The average Bonchev–Trinajstić information content (AvgIpc) is 2.25. The largest absolute Gasteiger partial charge is 0.305 e. The summed E-state index contributed by atoms with van der Waals surface area (Å²) in [6, 6.07) is 2.87. The lowest BCUT2D eigenvalue weighted by molar-refractivity contribution is -0.387. The van der Waals surface area contributed by atoms with Crippen molar-refractivity contribution in [3.05, 3.63) is 39.7 Å². The molecule has 0 saturated carbocycles. The molecule has 0 aromatic heterocycles. The quantitative estimate of drug-likeness (QED) is 0.663. The highest BCUT2D eigenvalue weighted by atomic mass is 19.1. The van der Waals surface area contributed by atoms with Crippen LogP contribution >= 0.6 is 0 Å². The number of amides is 1. The number of nitrogens with one attached hydrogen (secondary N) is 1. The van der Waals surface area contributed by atoms with Crippen LogP contribution in [0, 0.1) is 15.9 Å². The van der Waals surface area contributed by atoms with Crippen LogP contribution in [0.15, 0.2) is 18.2 Å². The zero-order valence-corrected chi connectivity index (χ0v) is 10.2. The number of nitrogens with zero attached hydrogens (tertiary/aromatic N) is 1. The number of nitro benzene ring substituents is 1. The topological polar surface area (TPSA) is 81.5 Å². The smallest absolute Gasteiger partial charge is 0.268 e. The Morgan fingerprint density at radius 3 is 2.56 bits per heavy atom. The highest BCUT2D eigenvalue weighted by molar-refractivity contribution is 5.94. The van der Waals surface area contributed by atoms with Crippen molar-refractivity contribution in [3.63, 3.8) is 0 Å². The van der Waals surface area contributed by atoms with Gasteiger partial charge in [-0.05, 0) is 32.9 Å². The van der Waals surface area contributed by atoms with E-state index in [9.17, 15) is 19.3 Å². The van der Waals surface area contributed by atoms with Crippen molar-refractivity contribution in [2.45, 2.75) is 26.4 Å². The van der Waals surface area contributed by atoms with Gasteiger partial charge in [0.1, 0.15) is 0 Å². The monoisotopic (exact) mass is 256 g/mol. The van der Waals surface area contributed by atoms with E-state index in [4.69, 9.17) is 4.84 Å². The number of hydrogen-bond donors (Lipinski definition) is 1. The third kappa shape index (κ3) is 3.77. The Morgan fingerprint density at radius 2 is 2.06 bits per heavy atom. The minimum Gasteiger partial charge on any atom is -0.268 e. The van der Waals surface area contributed by atoms with Gasteiger partial charge in [0.2, 0.25) is 5.82 Å². The molecule has 18 heavy (non-hydrogen) atoms. The standard InChI is InChI=1S/C11H13FN2O4/c1-11(2,3)18-13-10(15)7-4-5-8(12)9(6-7)14(16)17/h4-6H,1-3H3,(H,13,15). The van der Waals surface area contributed by atoms with E-state index in [2.05, 4.69) is 5.48 Å². The van der Waals surface area contributed by atoms with Crippen LogP contribution in [0.3, 0.4) is 0 Å². The molecule has 0 fully saturated rings. The lowest BCUT2D eigenvalue weighted by Crippen LogP contribution is -2.33. The Labute approximate surface area is 103 Å². The number of hydroxylamine groups is 1. The van der Waals surface area contributed by atoms with Crippen molar-refractivity contribution < 1.29 is 18.9 Å². The van der Waals surface area contributed by atoms with Gasteiger partial charge in [-0.25, -0.2) is 5.48 Å². The van der Waals surface area contributed by atoms with Crippen LogP contribution in [-0.2, 0) is 4.84 Å². The average molecular weight is 256 g/mol. The Morgan fingerprint density at radius 1 is 1.44 bits per heavy atom. The van der Waals surface area contributed by atoms with Gasteiger partial charge in [-0.2, -0.15) is 4.39 Å². The van der Waals surface area contributed by atoms with E-state index in [-0.39, 0.29) is 5.56 Å². The molecular weight excluding hydrogens is 243 g/mol. The van der Waals surface area contributed by atoms with E-state index in [0.29, 0.717) is 0 Å². The molecule has 0 bridgehead atoms. The molecule has 0 heterocycles. The van der Waals surface area contributed by atoms with Crippen LogP contribution < -0.4 is 5.48 Å². The molecule has 1 rings (SSSR count). The summed E-state index contributed by atoms with van der Waals surface area (Å²) in [6.45, 7) is 5.17. The van der Waals surface area contributed by atoms with Crippen LogP contribution in [0.5, 0.6) is 0 Å². The Kier molecular flexibility index (Phi) is 3.97. The number of hydrogen-bond acceptors (Lipinski definition) is 4. The molecule has 1 aromatic carbocycles. The molecule has 1 N–H and O–H groups in total. The van der Waals surface area contributed by atoms with Gasteiger partial charge < -0.3 is 0 Å². The minimum absolute atomic E-state index is 0.0487. The third-order valence-electron chi connectivity index (χ3n) is 1.85. The lowest BCUT2D eigenvalue weighted by atomic mass is 10.2. The first-order valence-electron chi connectivity index (χ1n) is 5.13. The highest BCUT2D eigenvalue weighted by Gasteiger charge is 2.19. The second kappa shape index (κ2) is 5.09. The molecule has 1 aromatic rings. The van der Waals surface area contributed by atoms with E-state index in [0.717, 1.165) is 18.2 Å². The fourth-order valence-electron chi connectivity index (χ4n) is 1.05. The number of nitro groups is 1. The van der Waals surface area contributed by atoms with Crippen LogP contribution in [0.2, 0.25) is 0 Å². The molecule has 0 aliphatic heterocycles. The zero-order chi connectivity index (χ0) is 13.9. The van der Waals surface area contributed by atoms with Crippen molar-refractivity contribution in [2.75, 3.05) is 0 Å². The molecule has 0 spiro atoms. The van der Waals surface area contributed by atoms with Crippen molar-refractivity contribution in [3.8, 4) is 0 Å². The highest BCUT2D eigenvalue weighted by Crippen LogP contribution is 2.18. The van der Waals surface area contributed by atoms with Crippen molar-refractivity contribution >= 4 is 11.6 Å². The van der Waals surface area contributed by atoms with Gasteiger partial charge >= 0.3 is 5.69 Å². The first-order chi connectivity index (χ1) is 8.20. The summed E-state index contributed by atoms with van der Waals surface area (Å²) in [4.78, 5) is 26.2. The van der Waals surface area contributed by atoms with Crippen molar-refractivity contribution in [1.82, 2.24) is 5.48 Å². The minimum atomic E-state index is -0.992. The first kappa shape index (κ1) is 14.0. The Hall–Kier alpha value is -2.02. The number of rotatable bonds is 3. The molecule has 0 aliphatic carbocycles. The molecule has 0 unspecified atom stereocenters. The normalized spacial score (nSPS) is 11.1. The number of carbonyl (C=O) groups excluding carboxylic acids is 1. The lowest BCUT2D eigenvalue weighted by Gasteiger charge is -2.18. The van der Waals surface area contributed by atoms with Crippen LogP contribution in [-0.4, -0.2) is 16.4 Å². The molecule has 0 saturated heterocycles. The molecule has 0 aliphatic rings. The number of halogens is 1. The van der Waals surface area contributed by atoms with Crippen LogP contribution in [0.4, 0.5) is 10.1 Å². The van der Waals surface area contributed by atoms with E-state index in [1.807, 2.05) is 0 Å². The summed E-state index contributed by atoms with van der Waals surface area (Å²) >= 11 is 0. The fraction of sp³-hybridized carbons (Fsp3) is 0.364. The van der Waals surface area contributed by atoms with Gasteiger partial charge in [-0.1, -0.05) is 0 Å². The Balaban J connectivity index is 2.87. The maximum Gasteiger partial charge on any atom is 0.305 e. The van der Waals surface area contributed by atoms with E-state index in [1.165, 1.54) is 0 Å². The predicted molar refractivity (Wildman–Crippen MR) is 61.4 cm³/mol. The van der Waals surface area contributed by atoms with Gasteiger partial charge in [0.25, 0.3) is 5.91 Å². The summed E-state index contributed by atoms with van der Waals surface area (Å²) < 4.78 is 13.1. The number of carbonyl (C=O) groups is 1. The molecule has 1 amide bonds. The van der Waals surface area contributed by atoms with Gasteiger partial charge in [0.05, 0.1) is 10.5 Å². The predicted octanol–water partition coefficient (Wildman–Crippen LogP) is 2.19. The molecular formula is C11H13FN2O4. The van der Waals surface area contributed by atoms with Crippen LogP contribution in [0.1, 0.15) is 31.1 Å². The molecule has 0 atom stereocenters. The van der Waals surface area contributed by atoms with Gasteiger partial charge in [-0.3, -0.25) is 19.7 Å². The summed E-state index contributed by atoms with van der Waals surface area (Å²) in [5.74, 6) is -1.67. The summed E-state index contributed by atoms with van der Waals surface area (Å²) in [5, 5.41) is 10.5. The van der Waals surface area contributed by atoms with E-state index >= 15 is 0 Å². The Bertz CT molecular complexity index is 482. The van der Waals surface area contributed by atoms with Crippen LogP contribution in [0.25, 0.3) is 0 Å². The van der Waals surface area contributed by atoms with E-state index in [1.54, 1.807) is 20.8 Å². The van der Waals surface area contributed by atoms with E-state index < -0.39 is 27.9 Å². The fourth-order valence-corrected chi connectivity index (χ4v) is 1.05. The SMILES string of the molecule is CC(C)(C)ONC(=O)c1ccc(F)c([N+](=O)[O-])c1. The maximum absolute atomic E-state index is 13.1. The summed E-state index contributed by atoms with van der Waals surface area (Å²) in [6.07, 6.45) is 0. The molecule has 0 radical (unpaired) electrons. The summed E-state index contributed by atoms with van der Waals surface area (Å²) in [5.41, 5.74) is 0.745. The second-order valence-electron chi connectivity index (χ2n) is 4.57. The van der Waals surface area contributed by atoms with Gasteiger partial charge in [-0.15, -0.1) is 0 Å².